The Balaban J connectivity index is 2.30. The van der Waals surface area contributed by atoms with Gasteiger partial charge in [0.15, 0.2) is 0 Å². The van der Waals surface area contributed by atoms with E-state index in [0.29, 0.717) is 11.3 Å². The van der Waals surface area contributed by atoms with Crippen molar-refractivity contribution in [3.8, 4) is 0 Å². The molecule has 0 saturated heterocycles. The molecule has 1 aromatic carbocycles. The van der Waals surface area contributed by atoms with E-state index in [1.54, 1.807) is 30.1 Å². The third-order valence-electron chi connectivity index (χ3n) is 2.49. The van der Waals surface area contributed by atoms with Crippen LogP contribution in [-0.2, 0) is 7.05 Å². The maximum absolute atomic E-state index is 12.5. The van der Waals surface area contributed by atoms with Gasteiger partial charge in [0.25, 0.3) is 6.43 Å². The monoisotopic (exact) mass is 238 g/mol. The Labute approximate surface area is 97.3 Å². The second-order valence-electron chi connectivity index (χ2n) is 3.79. The maximum Gasteiger partial charge on any atom is 0.263 e. The van der Waals surface area contributed by atoms with Gasteiger partial charge in [0.2, 0.25) is 0 Å². The first-order valence-corrected chi connectivity index (χ1v) is 5.13. The number of halogens is 2. The van der Waals surface area contributed by atoms with Gasteiger partial charge in [0.1, 0.15) is 6.10 Å². The van der Waals surface area contributed by atoms with Crippen molar-refractivity contribution < 1.29 is 13.9 Å². The van der Waals surface area contributed by atoms with Gasteiger partial charge in [-0.1, -0.05) is 18.2 Å². The van der Waals surface area contributed by atoms with Gasteiger partial charge in [-0.2, -0.15) is 5.10 Å². The van der Waals surface area contributed by atoms with Gasteiger partial charge in [-0.05, 0) is 17.7 Å². The Morgan fingerprint density at radius 2 is 1.94 bits per heavy atom. The quantitative estimate of drug-likeness (QED) is 0.891. The molecular weight excluding hydrogens is 226 g/mol. The number of aliphatic hydroxyl groups is 1. The summed E-state index contributed by atoms with van der Waals surface area (Å²) in [6.45, 7) is 0. The van der Waals surface area contributed by atoms with Crippen molar-refractivity contribution in [2.75, 3.05) is 0 Å². The molecule has 17 heavy (non-hydrogen) atoms. The lowest BCUT2D eigenvalue weighted by Crippen LogP contribution is -2.02. The van der Waals surface area contributed by atoms with Gasteiger partial charge in [-0.3, -0.25) is 4.68 Å². The standard InChI is InChI=1S/C12H12F2N2O/c1-16-6-5-10(15-16)11(17)8-3-2-4-9(7-8)12(13)14/h2-7,11-12,17H,1H3. The Bertz CT molecular complexity index is 511. The van der Waals surface area contributed by atoms with Crippen LogP contribution in [0, 0.1) is 0 Å². The smallest absolute Gasteiger partial charge is 0.263 e. The minimum atomic E-state index is -2.54. The summed E-state index contributed by atoms with van der Waals surface area (Å²) in [6, 6.07) is 7.39. The highest BCUT2D eigenvalue weighted by atomic mass is 19.3. The molecule has 90 valence electrons. The summed E-state index contributed by atoms with van der Waals surface area (Å²) in [7, 11) is 1.73. The molecule has 0 bridgehead atoms. The predicted molar refractivity (Wildman–Crippen MR) is 58.7 cm³/mol. The molecule has 5 heteroatoms. The van der Waals surface area contributed by atoms with Crippen molar-refractivity contribution in [1.29, 1.82) is 0 Å². The zero-order chi connectivity index (χ0) is 12.4. The van der Waals surface area contributed by atoms with Crippen molar-refractivity contribution >= 4 is 0 Å². The molecule has 0 radical (unpaired) electrons. The number of alkyl halides is 2. The Morgan fingerprint density at radius 1 is 1.24 bits per heavy atom. The summed E-state index contributed by atoms with van der Waals surface area (Å²) < 4.78 is 26.6. The second-order valence-corrected chi connectivity index (χ2v) is 3.79. The normalized spacial score (nSPS) is 13.0. The van der Waals surface area contributed by atoms with Gasteiger partial charge in [-0.15, -0.1) is 0 Å². The van der Waals surface area contributed by atoms with Crippen LogP contribution >= 0.6 is 0 Å². The molecule has 1 N–H and O–H groups in total. The molecule has 1 atom stereocenters. The average Bonchev–Trinajstić information content (AvgIpc) is 2.75. The number of aliphatic hydroxyl groups excluding tert-OH is 1. The first-order valence-electron chi connectivity index (χ1n) is 5.13. The summed E-state index contributed by atoms with van der Waals surface area (Å²) in [5.74, 6) is 0. The lowest BCUT2D eigenvalue weighted by Gasteiger charge is -2.09. The summed E-state index contributed by atoms with van der Waals surface area (Å²) in [5, 5.41) is 14.0. The highest BCUT2D eigenvalue weighted by Gasteiger charge is 2.15. The number of hydrogen-bond acceptors (Lipinski definition) is 2. The number of benzene rings is 1. The van der Waals surface area contributed by atoms with Crippen LogP contribution in [0.5, 0.6) is 0 Å². The molecule has 1 unspecified atom stereocenters. The Kier molecular flexibility index (Phi) is 3.19. The summed E-state index contributed by atoms with van der Waals surface area (Å²) in [6.07, 6.45) is -1.82. The molecule has 0 aliphatic rings. The van der Waals surface area contributed by atoms with Crippen molar-refractivity contribution in [3.63, 3.8) is 0 Å². The third kappa shape index (κ3) is 2.50. The average molecular weight is 238 g/mol. The first-order chi connectivity index (χ1) is 8.08. The van der Waals surface area contributed by atoms with Crippen molar-refractivity contribution in [3.05, 3.63) is 53.3 Å². The molecule has 0 saturated carbocycles. The van der Waals surface area contributed by atoms with Crippen LogP contribution in [0.2, 0.25) is 0 Å². The minimum absolute atomic E-state index is 0.0996. The van der Waals surface area contributed by atoms with Crippen LogP contribution in [0.3, 0.4) is 0 Å². The van der Waals surface area contributed by atoms with Gasteiger partial charge in [0, 0.05) is 18.8 Å². The molecule has 3 nitrogen and oxygen atoms in total. The number of nitrogens with zero attached hydrogens (tertiary/aromatic N) is 2. The van der Waals surface area contributed by atoms with E-state index in [-0.39, 0.29) is 5.56 Å². The van der Waals surface area contributed by atoms with Crippen LogP contribution in [0.4, 0.5) is 8.78 Å². The van der Waals surface area contributed by atoms with Crippen molar-refractivity contribution in [2.45, 2.75) is 12.5 Å². The predicted octanol–water partition coefficient (Wildman–Crippen LogP) is 2.44. The highest BCUT2D eigenvalue weighted by Crippen LogP contribution is 2.25. The van der Waals surface area contributed by atoms with Gasteiger partial charge in [0.05, 0.1) is 5.69 Å². The minimum Gasteiger partial charge on any atom is -0.382 e. The fourth-order valence-corrected chi connectivity index (χ4v) is 1.61. The molecule has 0 aliphatic carbocycles. The molecule has 0 fully saturated rings. The van der Waals surface area contributed by atoms with Crippen LogP contribution in [-0.4, -0.2) is 14.9 Å². The van der Waals surface area contributed by atoms with E-state index in [9.17, 15) is 13.9 Å². The zero-order valence-electron chi connectivity index (χ0n) is 9.22. The lowest BCUT2D eigenvalue weighted by molar-refractivity contribution is 0.150. The topological polar surface area (TPSA) is 38.0 Å². The van der Waals surface area contributed by atoms with Gasteiger partial charge >= 0.3 is 0 Å². The van der Waals surface area contributed by atoms with E-state index in [1.165, 1.54) is 18.2 Å². The van der Waals surface area contributed by atoms with E-state index < -0.39 is 12.5 Å². The number of aryl methyl sites for hydroxylation is 1. The SMILES string of the molecule is Cn1ccc(C(O)c2cccc(C(F)F)c2)n1. The summed E-state index contributed by atoms with van der Waals surface area (Å²) in [4.78, 5) is 0. The fraction of sp³-hybridized carbons (Fsp3) is 0.250. The highest BCUT2D eigenvalue weighted by molar-refractivity contribution is 5.30. The summed E-state index contributed by atoms with van der Waals surface area (Å²) >= 11 is 0. The van der Waals surface area contributed by atoms with E-state index in [1.807, 2.05) is 0 Å². The van der Waals surface area contributed by atoms with E-state index >= 15 is 0 Å². The largest absolute Gasteiger partial charge is 0.382 e. The van der Waals surface area contributed by atoms with Crippen LogP contribution in [0.25, 0.3) is 0 Å². The third-order valence-corrected chi connectivity index (χ3v) is 2.49. The first kappa shape index (κ1) is 11.7. The lowest BCUT2D eigenvalue weighted by atomic mass is 10.0. The van der Waals surface area contributed by atoms with Crippen LogP contribution in [0.1, 0.15) is 29.4 Å². The molecule has 0 spiro atoms. The maximum atomic E-state index is 12.5. The second kappa shape index (κ2) is 4.63. The van der Waals surface area contributed by atoms with Gasteiger partial charge in [-0.25, -0.2) is 8.78 Å². The number of hydrogen-bond donors (Lipinski definition) is 1. The molecule has 1 heterocycles. The fourth-order valence-electron chi connectivity index (χ4n) is 1.61. The van der Waals surface area contributed by atoms with Crippen LogP contribution in [0.15, 0.2) is 36.5 Å². The zero-order valence-corrected chi connectivity index (χ0v) is 9.22. The molecule has 0 amide bonds. The van der Waals surface area contributed by atoms with E-state index in [2.05, 4.69) is 5.10 Å². The van der Waals surface area contributed by atoms with Crippen molar-refractivity contribution in [1.82, 2.24) is 9.78 Å². The number of rotatable bonds is 3. The van der Waals surface area contributed by atoms with Crippen molar-refractivity contribution in [2.24, 2.45) is 7.05 Å². The summed E-state index contributed by atoms with van der Waals surface area (Å²) in [5.41, 5.74) is 0.762. The Morgan fingerprint density at radius 3 is 2.53 bits per heavy atom. The molecule has 2 rings (SSSR count). The molecule has 0 aliphatic heterocycles. The Hall–Kier alpha value is -1.75. The molecule has 2 aromatic rings. The van der Waals surface area contributed by atoms with E-state index in [4.69, 9.17) is 0 Å². The molecular formula is C12H12F2N2O. The number of aromatic nitrogens is 2. The molecule has 1 aromatic heterocycles. The van der Waals surface area contributed by atoms with Crippen LogP contribution < -0.4 is 0 Å². The van der Waals surface area contributed by atoms with Gasteiger partial charge < -0.3 is 5.11 Å². The van der Waals surface area contributed by atoms with E-state index in [0.717, 1.165) is 0 Å².